The van der Waals surface area contributed by atoms with Gasteiger partial charge in [0.1, 0.15) is 17.6 Å². The number of benzene rings is 1. The minimum absolute atomic E-state index is 0.0173. The van der Waals surface area contributed by atoms with Gasteiger partial charge in [0.2, 0.25) is 0 Å². The summed E-state index contributed by atoms with van der Waals surface area (Å²) in [5, 5.41) is 20.3. The van der Waals surface area contributed by atoms with Crippen LogP contribution in [0.5, 0.6) is 5.75 Å². The number of nitriles is 1. The van der Waals surface area contributed by atoms with Crippen molar-refractivity contribution in [2.24, 2.45) is 11.8 Å². The van der Waals surface area contributed by atoms with Crippen molar-refractivity contribution >= 4 is 22.9 Å². The van der Waals surface area contributed by atoms with Crippen molar-refractivity contribution in [3.63, 3.8) is 0 Å². The number of aromatic nitrogens is 4. The number of likely N-dealkylation sites (tertiary alicyclic amines) is 1. The van der Waals surface area contributed by atoms with Gasteiger partial charge in [-0.1, -0.05) is 26.0 Å². The topological polar surface area (TPSA) is 137 Å². The first kappa shape index (κ1) is 27.2. The number of rotatable bonds is 5. The highest BCUT2D eigenvalue weighted by atomic mass is 16.5. The molecule has 1 aromatic carbocycles. The Hall–Kier alpha value is -4.98. The molecule has 6 rings (SSSR count). The molecule has 0 spiro atoms. The molecule has 0 radical (unpaired) electrons. The van der Waals surface area contributed by atoms with Gasteiger partial charge in [0.25, 0.3) is 0 Å². The average molecular weight is 566 g/mol. The molecule has 1 N–H and O–H groups in total. The van der Waals surface area contributed by atoms with Crippen LogP contribution in [0.2, 0.25) is 0 Å². The van der Waals surface area contributed by atoms with Crippen LogP contribution >= 0.6 is 0 Å². The molecule has 2 unspecified atom stereocenters. The van der Waals surface area contributed by atoms with E-state index in [-0.39, 0.29) is 17.8 Å². The number of hydrogen-bond acceptors (Lipinski definition) is 8. The third-order valence-corrected chi connectivity index (χ3v) is 8.31. The fraction of sp³-hybridized carbons (Fsp3) is 0.355. The Bertz CT molecular complexity index is 1810. The molecule has 3 aromatic heterocycles. The highest BCUT2D eigenvalue weighted by Crippen LogP contribution is 2.38. The molecule has 4 aromatic rings. The summed E-state index contributed by atoms with van der Waals surface area (Å²) in [5.41, 5.74) is 3.44. The zero-order valence-corrected chi connectivity index (χ0v) is 23.9. The molecule has 1 amide bonds. The summed E-state index contributed by atoms with van der Waals surface area (Å²) in [4.78, 5) is 43.3. The van der Waals surface area contributed by atoms with Crippen LogP contribution in [0, 0.1) is 30.1 Å². The number of para-hydroxylation sites is 1. The molecule has 2 atom stereocenters. The van der Waals surface area contributed by atoms with E-state index in [0.717, 1.165) is 11.3 Å². The Kier molecular flexibility index (Phi) is 6.77. The Labute approximate surface area is 242 Å². The second-order valence-corrected chi connectivity index (χ2v) is 11.3. The number of carboxylic acid groups (broad SMARTS) is 1. The fourth-order valence-electron chi connectivity index (χ4n) is 6.31. The quantitative estimate of drug-likeness (QED) is 0.377. The van der Waals surface area contributed by atoms with Gasteiger partial charge in [-0.25, -0.2) is 19.1 Å². The number of nitrogens with zero attached hydrogens (tertiary/aromatic N) is 7. The average Bonchev–Trinajstić information content (AvgIpc) is 3.56. The van der Waals surface area contributed by atoms with Gasteiger partial charge < -0.3 is 19.6 Å². The molecule has 2 aliphatic heterocycles. The van der Waals surface area contributed by atoms with Gasteiger partial charge in [-0.2, -0.15) is 10.2 Å². The number of aryl methyl sites for hydroxylation is 1. The van der Waals surface area contributed by atoms with E-state index in [4.69, 9.17) is 9.72 Å². The van der Waals surface area contributed by atoms with E-state index >= 15 is 0 Å². The van der Waals surface area contributed by atoms with Crippen LogP contribution in [0.25, 0.3) is 28.0 Å². The van der Waals surface area contributed by atoms with Gasteiger partial charge in [0.15, 0.2) is 5.65 Å². The number of amides is 1. The SMILES string of the molecule is COc1ccccc1-c1nc2c(cc1C#N)c(N1CC3CN(C(=O)O)CC3C1)nc(=O)n2-c1c(C)ccnc1C(C)C. The first-order chi connectivity index (χ1) is 20.2. The number of carbonyl (C=O) groups is 1. The minimum atomic E-state index is -0.915. The molecule has 42 heavy (non-hydrogen) atoms. The Morgan fingerprint density at radius 1 is 1.12 bits per heavy atom. The van der Waals surface area contributed by atoms with Crippen LogP contribution in [-0.2, 0) is 0 Å². The van der Waals surface area contributed by atoms with E-state index in [9.17, 15) is 20.0 Å². The summed E-state index contributed by atoms with van der Waals surface area (Å²) in [6, 6.07) is 13.2. The van der Waals surface area contributed by atoms with E-state index < -0.39 is 11.8 Å². The summed E-state index contributed by atoms with van der Waals surface area (Å²) in [6.07, 6.45) is 0.815. The van der Waals surface area contributed by atoms with Gasteiger partial charge in [-0.3, -0.25) is 4.98 Å². The highest BCUT2D eigenvalue weighted by Gasteiger charge is 2.42. The van der Waals surface area contributed by atoms with Crippen LogP contribution in [0.1, 0.15) is 36.6 Å². The van der Waals surface area contributed by atoms with E-state index in [1.165, 1.54) is 9.47 Å². The van der Waals surface area contributed by atoms with E-state index in [1.54, 1.807) is 25.4 Å². The lowest BCUT2D eigenvalue weighted by Crippen LogP contribution is -2.34. The number of ether oxygens (including phenoxy) is 1. The summed E-state index contributed by atoms with van der Waals surface area (Å²) in [6.45, 7) is 7.96. The molecule has 11 heteroatoms. The molecule has 0 bridgehead atoms. The van der Waals surface area contributed by atoms with Crippen LogP contribution in [0.4, 0.5) is 10.6 Å². The van der Waals surface area contributed by atoms with E-state index in [2.05, 4.69) is 16.0 Å². The monoisotopic (exact) mass is 565 g/mol. The lowest BCUT2D eigenvalue weighted by molar-refractivity contribution is 0.153. The maximum Gasteiger partial charge on any atom is 0.407 e. The van der Waals surface area contributed by atoms with Crippen molar-refractivity contribution in [2.45, 2.75) is 26.7 Å². The molecule has 0 aliphatic carbocycles. The van der Waals surface area contributed by atoms with E-state index in [1.807, 2.05) is 49.9 Å². The normalized spacial score (nSPS) is 18.0. The molecule has 0 saturated carbocycles. The number of anilines is 1. The standard InChI is InChI=1S/C31H31N7O4/c1-17(2)25-27(18(3)9-10-33-25)38-29-23(11-19(12-32)26(34-29)22-7-5-6-8-24(22)42-4)28(35-30(38)39)36-13-20-15-37(31(40)41)16-21(20)14-36/h5-11,17,20-21H,13-16H2,1-4H3,(H,40,41). The number of fused-ring (bicyclic) bond motifs is 2. The van der Waals surface area contributed by atoms with Gasteiger partial charge >= 0.3 is 11.8 Å². The lowest BCUT2D eigenvalue weighted by Gasteiger charge is -2.24. The third-order valence-electron chi connectivity index (χ3n) is 8.31. The molecule has 11 nitrogen and oxygen atoms in total. The van der Waals surface area contributed by atoms with Crippen molar-refractivity contribution < 1.29 is 14.6 Å². The lowest BCUT2D eigenvalue weighted by atomic mass is 10.0. The fourth-order valence-corrected chi connectivity index (χ4v) is 6.31. The van der Waals surface area contributed by atoms with Crippen molar-refractivity contribution in [3.8, 4) is 28.8 Å². The summed E-state index contributed by atoms with van der Waals surface area (Å²) < 4.78 is 7.11. The van der Waals surface area contributed by atoms with Gasteiger partial charge in [-0.15, -0.1) is 0 Å². The van der Waals surface area contributed by atoms with Crippen molar-refractivity contribution in [1.29, 1.82) is 5.26 Å². The molecular formula is C31H31N7O4. The van der Waals surface area contributed by atoms with Crippen molar-refractivity contribution in [1.82, 2.24) is 24.4 Å². The van der Waals surface area contributed by atoms with Crippen LogP contribution < -0.4 is 15.3 Å². The maximum absolute atomic E-state index is 14.0. The van der Waals surface area contributed by atoms with Crippen LogP contribution in [-0.4, -0.2) is 68.9 Å². The summed E-state index contributed by atoms with van der Waals surface area (Å²) >= 11 is 0. The van der Waals surface area contributed by atoms with Crippen LogP contribution in [0.3, 0.4) is 0 Å². The molecule has 2 fully saturated rings. The maximum atomic E-state index is 14.0. The number of hydrogen-bond donors (Lipinski definition) is 1. The second kappa shape index (κ2) is 10.4. The zero-order chi connectivity index (χ0) is 29.7. The third kappa shape index (κ3) is 4.40. The minimum Gasteiger partial charge on any atom is -0.496 e. The van der Waals surface area contributed by atoms with Crippen molar-refractivity contribution in [2.75, 3.05) is 38.2 Å². The smallest absolute Gasteiger partial charge is 0.407 e. The van der Waals surface area contributed by atoms with Gasteiger partial charge in [0, 0.05) is 49.8 Å². The zero-order valence-electron chi connectivity index (χ0n) is 23.9. The Morgan fingerprint density at radius 2 is 1.83 bits per heavy atom. The number of pyridine rings is 2. The van der Waals surface area contributed by atoms with Crippen LogP contribution in [0.15, 0.2) is 47.4 Å². The molecule has 2 saturated heterocycles. The molecule has 5 heterocycles. The first-order valence-corrected chi connectivity index (χ1v) is 13.9. The highest BCUT2D eigenvalue weighted by molar-refractivity contribution is 5.92. The predicted molar refractivity (Wildman–Crippen MR) is 157 cm³/mol. The molecule has 2 aliphatic rings. The number of methoxy groups -OCH3 is 1. The summed E-state index contributed by atoms with van der Waals surface area (Å²) in [5.74, 6) is 1.28. The molecule has 214 valence electrons. The predicted octanol–water partition coefficient (Wildman–Crippen LogP) is 4.20. The summed E-state index contributed by atoms with van der Waals surface area (Å²) in [7, 11) is 1.56. The Balaban J connectivity index is 1.62. The van der Waals surface area contributed by atoms with Crippen molar-refractivity contribution in [3.05, 3.63) is 69.9 Å². The second-order valence-electron chi connectivity index (χ2n) is 11.3. The van der Waals surface area contributed by atoms with E-state index in [0.29, 0.717) is 71.3 Å². The molecular weight excluding hydrogens is 534 g/mol. The largest absolute Gasteiger partial charge is 0.496 e. The van der Waals surface area contributed by atoms with Gasteiger partial charge in [-0.05, 0) is 42.7 Å². The van der Waals surface area contributed by atoms with Gasteiger partial charge in [0.05, 0.1) is 35.1 Å². The first-order valence-electron chi connectivity index (χ1n) is 13.9. The Morgan fingerprint density at radius 3 is 2.48 bits per heavy atom.